The summed E-state index contributed by atoms with van der Waals surface area (Å²) in [6, 6.07) is 14.1. The molecule has 1 nitrogen and oxygen atoms in total. The quantitative estimate of drug-likeness (QED) is 0.763. The maximum atomic E-state index is 13.8. The van der Waals surface area contributed by atoms with Gasteiger partial charge < -0.3 is 0 Å². The van der Waals surface area contributed by atoms with Gasteiger partial charge in [0.15, 0.2) is 0 Å². The largest absolute Gasteiger partial charge is 0.205 e. The van der Waals surface area contributed by atoms with E-state index in [1.807, 2.05) is 24.3 Å². The normalized spacial score (nSPS) is 10.1. The highest BCUT2D eigenvalue weighted by Gasteiger charge is 2.07. The van der Waals surface area contributed by atoms with E-state index in [1.165, 1.54) is 17.8 Å². The summed E-state index contributed by atoms with van der Waals surface area (Å²) < 4.78 is 13.8. The maximum Gasteiger partial charge on any atom is 0.144 e. The monoisotopic (exact) mass is 277 g/mol. The minimum absolute atomic E-state index is 0.0826. The maximum absolute atomic E-state index is 13.8. The van der Waals surface area contributed by atoms with Crippen molar-refractivity contribution in [2.75, 3.05) is 0 Å². The van der Waals surface area contributed by atoms with E-state index in [0.29, 0.717) is 16.3 Å². The third-order valence-electron chi connectivity index (χ3n) is 2.39. The van der Waals surface area contributed by atoms with Crippen LogP contribution in [0.1, 0.15) is 11.1 Å². The molecule has 18 heavy (non-hydrogen) atoms. The fourth-order valence-electron chi connectivity index (χ4n) is 1.50. The van der Waals surface area contributed by atoms with Gasteiger partial charge in [-0.25, -0.2) is 4.39 Å². The molecule has 0 radical (unpaired) electrons. The number of nitriles is 1. The van der Waals surface area contributed by atoms with E-state index in [-0.39, 0.29) is 5.56 Å². The van der Waals surface area contributed by atoms with Crippen LogP contribution in [0.2, 0.25) is 5.02 Å². The Morgan fingerprint density at radius 1 is 1.22 bits per heavy atom. The molecule has 0 aliphatic rings. The molecule has 2 rings (SSSR count). The molecule has 0 bridgehead atoms. The van der Waals surface area contributed by atoms with Crippen LogP contribution in [-0.2, 0) is 5.75 Å². The second kappa shape index (κ2) is 5.90. The van der Waals surface area contributed by atoms with E-state index in [1.54, 1.807) is 18.2 Å². The van der Waals surface area contributed by atoms with Crippen molar-refractivity contribution in [2.24, 2.45) is 0 Å². The Hall–Kier alpha value is -1.50. The predicted octanol–water partition coefficient (Wildman–Crippen LogP) is 4.64. The number of benzene rings is 2. The number of hydrogen-bond donors (Lipinski definition) is 0. The lowest BCUT2D eigenvalue weighted by atomic mass is 10.1. The molecule has 2 aromatic rings. The summed E-state index contributed by atoms with van der Waals surface area (Å²) in [4.78, 5) is 0.976. The van der Waals surface area contributed by atoms with E-state index < -0.39 is 5.82 Å². The average Bonchev–Trinajstić information content (AvgIpc) is 2.38. The summed E-state index contributed by atoms with van der Waals surface area (Å²) in [5.41, 5.74) is 0.609. The molecule has 0 saturated carbocycles. The molecule has 0 aromatic heterocycles. The second-order valence-corrected chi connectivity index (χ2v) is 5.12. The van der Waals surface area contributed by atoms with Gasteiger partial charge in [0.25, 0.3) is 0 Å². The highest BCUT2D eigenvalue weighted by Crippen LogP contribution is 2.26. The minimum Gasteiger partial charge on any atom is -0.205 e. The average molecular weight is 278 g/mol. The van der Waals surface area contributed by atoms with E-state index in [0.717, 1.165) is 4.90 Å². The molecule has 90 valence electrons. The summed E-state index contributed by atoms with van der Waals surface area (Å²) >= 11 is 7.36. The number of thioether (sulfide) groups is 1. The van der Waals surface area contributed by atoms with Crippen LogP contribution in [0.15, 0.2) is 47.4 Å². The van der Waals surface area contributed by atoms with Gasteiger partial charge >= 0.3 is 0 Å². The standard InChI is InChI=1S/C14H9ClFNS/c15-12-5-2-6-13(7-12)18-9-11-4-1-3-10(8-17)14(11)16/h1-7H,9H2. The molecule has 0 fully saturated rings. The molecule has 4 heteroatoms. The van der Waals surface area contributed by atoms with E-state index in [2.05, 4.69) is 0 Å². The SMILES string of the molecule is N#Cc1cccc(CSc2cccc(Cl)c2)c1F. The molecule has 2 aromatic carbocycles. The minimum atomic E-state index is -0.436. The van der Waals surface area contributed by atoms with Crippen molar-refractivity contribution >= 4 is 23.4 Å². The molecule has 0 amide bonds. The van der Waals surface area contributed by atoms with Crippen LogP contribution in [0.25, 0.3) is 0 Å². The number of rotatable bonds is 3. The Morgan fingerprint density at radius 3 is 2.72 bits per heavy atom. The molecule has 0 aliphatic carbocycles. The molecule has 0 spiro atoms. The van der Waals surface area contributed by atoms with Crippen LogP contribution in [0.5, 0.6) is 0 Å². The smallest absolute Gasteiger partial charge is 0.144 e. The summed E-state index contributed by atoms with van der Waals surface area (Å²) in [6.07, 6.45) is 0. The van der Waals surface area contributed by atoms with Crippen molar-refractivity contribution in [3.8, 4) is 6.07 Å². The second-order valence-electron chi connectivity index (χ2n) is 3.64. The van der Waals surface area contributed by atoms with Crippen LogP contribution in [0.3, 0.4) is 0 Å². The Kier molecular flexibility index (Phi) is 4.24. The first-order valence-corrected chi connectivity index (χ1v) is 6.63. The van der Waals surface area contributed by atoms with Crippen LogP contribution in [0, 0.1) is 17.1 Å². The van der Waals surface area contributed by atoms with Gasteiger partial charge in [-0.2, -0.15) is 5.26 Å². The number of hydrogen-bond acceptors (Lipinski definition) is 2. The zero-order valence-electron chi connectivity index (χ0n) is 9.36. The molecule has 0 N–H and O–H groups in total. The molecular formula is C14H9ClFNS. The Morgan fingerprint density at radius 2 is 2.00 bits per heavy atom. The number of nitrogens with zero attached hydrogens (tertiary/aromatic N) is 1. The van der Waals surface area contributed by atoms with Crippen molar-refractivity contribution in [2.45, 2.75) is 10.6 Å². The van der Waals surface area contributed by atoms with Crippen molar-refractivity contribution < 1.29 is 4.39 Å². The van der Waals surface area contributed by atoms with Crippen LogP contribution >= 0.6 is 23.4 Å². The zero-order chi connectivity index (χ0) is 13.0. The first-order chi connectivity index (χ1) is 8.70. The van der Waals surface area contributed by atoms with E-state index in [9.17, 15) is 4.39 Å². The lowest BCUT2D eigenvalue weighted by Gasteiger charge is -2.04. The Balaban J connectivity index is 2.14. The summed E-state index contributed by atoms with van der Waals surface area (Å²) in [7, 11) is 0. The van der Waals surface area contributed by atoms with Gasteiger partial charge in [0, 0.05) is 15.7 Å². The van der Waals surface area contributed by atoms with Gasteiger partial charge in [-0.3, -0.25) is 0 Å². The third kappa shape index (κ3) is 3.04. The van der Waals surface area contributed by atoms with Crippen LogP contribution < -0.4 is 0 Å². The molecular weight excluding hydrogens is 269 g/mol. The highest BCUT2D eigenvalue weighted by atomic mass is 35.5. The van der Waals surface area contributed by atoms with Crippen LogP contribution in [0.4, 0.5) is 4.39 Å². The highest BCUT2D eigenvalue weighted by molar-refractivity contribution is 7.98. The first kappa shape index (κ1) is 12.9. The van der Waals surface area contributed by atoms with Crippen LogP contribution in [-0.4, -0.2) is 0 Å². The van der Waals surface area contributed by atoms with E-state index in [4.69, 9.17) is 16.9 Å². The van der Waals surface area contributed by atoms with Gasteiger partial charge in [-0.15, -0.1) is 11.8 Å². The van der Waals surface area contributed by atoms with Crippen molar-refractivity contribution in [1.29, 1.82) is 5.26 Å². The summed E-state index contributed by atoms with van der Waals surface area (Å²) in [5.74, 6) is 0.0383. The van der Waals surface area contributed by atoms with Crippen molar-refractivity contribution in [3.05, 3.63) is 64.4 Å². The molecule has 0 saturated heterocycles. The molecule has 0 atom stereocenters. The van der Waals surface area contributed by atoms with Gasteiger partial charge in [0.1, 0.15) is 11.9 Å². The number of halogens is 2. The fraction of sp³-hybridized carbons (Fsp3) is 0.0714. The molecule has 0 aliphatic heterocycles. The van der Waals surface area contributed by atoms with Gasteiger partial charge in [-0.05, 0) is 29.8 Å². The topological polar surface area (TPSA) is 23.8 Å². The summed E-state index contributed by atoms with van der Waals surface area (Å²) in [5, 5.41) is 9.41. The fourth-order valence-corrected chi connectivity index (χ4v) is 2.68. The predicted molar refractivity (Wildman–Crippen MR) is 72.1 cm³/mol. The van der Waals surface area contributed by atoms with Gasteiger partial charge in [0.2, 0.25) is 0 Å². The van der Waals surface area contributed by atoms with Crippen molar-refractivity contribution in [1.82, 2.24) is 0 Å². The molecule has 0 heterocycles. The zero-order valence-corrected chi connectivity index (χ0v) is 10.9. The van der Waals surface area contributed by atoms with Crippen molar-refractivity contribution in [3.63, 3.8) is 0 Å². The Bertz CT molecular complexity index is 607. The summed E-state index contributed by atoms with van der Waals surface area (Å²) in [6.45, 7) is 0. The van der Waals surface area contributed by atoms with Gasteiger partial charge in [0.05, 0.1) is 5.56 Å². The third-order valence-corrected chi connectivity index (χ3v) is 3.67. The van der Waals surface area contributed by atoms with E-state index >= 15 is 0 Å². The lowest BCUT2D eigenvalue weighted by Crippen LogP contribution is -1.91. The molecule has 0 unspecified atom stereocenters. The first-order valence-electron chi connectivity index (χ1n) is 5.26. The Labute approximate surface area is 114 Å². The lowest BCUT2D eigenvalue weighted by molar-refractivity contribution is 0.613. The van der Waals surface area contributed by atoms with Gasteiger partial charge in [-0.1, -0.05) is 29.8 Å².